The van der Waals surface area contributed by atoms with Gasteiger partial charge in [0, 0.05) is 24.0 Å². The van der Waals surface area contributed by atoms with E-state index in [-0.39, 0.29) is 35.5 Å². The first kappa shape index (κ1) is 33.7. The van der Waals surface area contributed by atoms with E-state index in [1.165, 1.54) is 29.2 Å². The van der Waals surface area contributed by atoms with Crippen LogP contribution in [0.2, 0.25) is 5.02 Å². The Labute approximate surface area is 269 Å². The zero-order valence-electron chi connectivity index (χ0n) is 25.5. The first-order valence-electron chi connectivity index (χ1n) is 14.7. The Morgan fingerprint density at radius 1 is 0.889 bits per heavy atom. The number of aryl methyl sites for hydroxylation is 1. The number of halogens is 2. The topological polar surface area (TPSA) is 86.8 Å². The molecule has 0 fully saturated rings. The van der Waals surface area contributed by atoms with Crippen LogP contribution in [0, 0.1) is 12.7 Å². The van der Waals surface area contributed by atoms with Crippen molar-refractivity contribution in [3.8, 4) is 0 Å². The fraction of sp³-hybridized carbons (Fsp3) is 0.257. The number of benzene rings is 4. The molecule has 45 heavy (non-hydrogen) atoms. The summed E-state index contributed by atoms with van der Waals surface area (Å²) in [5, 5.41) is 3.40. The quantitative estimate of drug-likeness (QED) is 0.178. The Bertz CT molecular complexity index is 1700. The highest BCUT2D eigenvalue weighted by molar-refractivity contribution is 7.92. The fourth-order valence-corrected chi connectivity index (χ4v) is 6.39. The molecule has 0 radical (unpaired) electrons. The standard InChI is InChI=1S/C35H37ClFN3O4S/c1-4-26(3)38-35(42)33(22-27-10-6-5-7-11-27)39(23-28-12-8-9-13-32(28)36)34(41)24-40(30-18-16-29(37)17-19-30)45(43,44)31-20-14-25(2)15-21-31/h5-21,26,33H,4,22-24H2,1-3H3,(H,38,42)/t26-,33+/m1/s1. The van der Waals surface area contributed by atoms with Gasteiger partial charge in [-0.2, -0.15) is 0 Å². The maximum atomic E-state index is 14.5. The molecular weight excluding hydrogens is 613 g/mol. The summed E-state index contributed by atoms with van der Waals surface area (Å²) >= 11 is 6.53. The molecule has 0 bridgehead atoms. The van der Waals surface area contributed by atoms with E-state index in [0.29, 0.717) is 17.0 Å². The van der Waals surface area contributed by atoms with E-state index in [0.717, 1.165) is 27.6 Å². The van der Waals surface area contributed by atoms with Crippen LogP contribution in [0.1, 0.15) is 37.0 Å². The highest BCUT2D eigenvalue weighted by Gasteiger charge is 2.35. The predicted molar refractivity (Wildman–Crippen MR) is 176 cm³/mol. The molecule has 0 spiro atoms. The summed E-state index contributed by atoms with van der Waals surface area (Å²) in [7, 11) is -4.28. The maximum absolute atomic E-state index is 14.5. The number of anilines is 1. The van der Waals surface area contributed by atoms with Crippen molar-refractivity contribution in [2.75, 3.05) is 10.8 Å². The average molecular weight is 650 g/mol. The van der Waals surface area contributed by atoms with Crippen molar-refractivity contribution >= 4 is 39.1 Å². The van der Waals surface area contributed by atoms with Gasteiger partial charge in [0.15, 0.2) is 0 Å². The van der Waals surface area contributed by atoms with Gasteiger partial charge in [-0.25, -0.2) is 12.8 Å². The monoisotopic (exact) mass is 649 g/mol. The van der Waals surface area contributed by atoms with Gasteiger partial charge in [-0.05, 0) is 73.9 Å². The number of hydrogen-bond acceptors (Lipinski definition) is 4. The van der Waals surface area contributed by atoms with Gasteiger partial charge >= 0.3 is 0 Å². The molecule has 2 atom stereocenters. The first-order valence-corrected chi connectivity index (χ1v) is 16.5. The zero-order chi connectivity index (χ0) is 32.6. The minimum Gasteiger partial charge on any atom is -0.352 e. The Morgan fingerprint density at radius 2 is 1.51 bits per heavy atom. The normalized spacial score (nSPS) is 12.6. The van der Waals surface area contributed by atoms with E-state index in [1.54, 1.807) is 36.4 Å². The molecule has 0 saturated carbocycles. The van der Waals surface area contributed by atoms with E-state index in [2.05, 4.69) is 5.32 Å². The number of hydrogen-bond donors (Lipinski definition) is 1. The van der Waals surface area contributed by atoms with Crippen LogP contribution in [0.15, 0.2) is 108 Å². The Balaban J connectivity index is 1.81. The SMILES string of the molecule is CC[C@@H](C)NC(=O)[C@H](Cc1ccccc1)N(Cc1ccccc1Cl)C(=O)CN(c1ccc(F)cc1)S(=O)(=O)c1ccc(C)cc1. The minimum absolute atomic E-state index is 0.0294. The number of rotatable bonds is 13. The molecule has 0 aliphatic rings. The Morgan fingerprint density at radius 3 is 2.13 bits per heavy atom. The van der Waals surface area contributed by atoms with Gasteiger partial charge in [-0.3, -0.25) is 13.9 Å². The summed E-state index contributed by atoms with van der Waals surface area (Å²) in [6.07, 6.45) is 0.857. The molecule has 4 aromatic carbocycles. The van der Waals surface area contributed by atoms with E-state index in [9.17, 15) is 22.4 Å². The van der Waals surface area contributed by atoms with Gasteiger partial charge in [-0.1, -0.05) is 84.8 Å². The lowest BCUT2D eigenvalue weighted by molar-refractivity contribution is -0.140. The summed E-state index contributed by atoms with van der Waals surface area (Å²) in [4.78, 5) is 29.7. The highest BCUT2D eigenvalue weighted by Crippen LogP contribution is 2.26. The summed E-state index contributed by atoms with van der Waals surface area (Å²) in [6, 6.07) is 26.3. The highest BCUT2D eigenvalue weighted by atomic mass is 35.5. The number of carbonyl (C=O) groups is 2. The third kappa shape index (κ3) is 8.71. The molecule has 0 aliphatic carbocycles. The van der Waals surface area contributed by atoms with Crippen molar-refractivity contribution in [2.24, 2.45) is 0 Å². The molecule has 236 valence electrons. The maximum Gasteiger partial charge on any atom is 0.264 e. The fourth-order valence-electron chi connectivity index (χ4n) is 4.78. The largest absolute Gasteiger partial charge is 0.352 e. The van der Waals surface area contributed by atoms with Crippen LogP contribution in [-0.4, -0.2) is 43.8 Å². The van der Waals surface area contributed by atoms with Crippen LogP contribution in [0.3, 0.4) is 0 Å². The summed E-state index contributed by atoms with van der Waals surface area (Å²) in [6.45, 7) is 4.96. The molecule has 1 N–H and O–H groups in total. The van der Waals surface area contributed by atoms with Gasteiger partial charge in [0.05, 0.1) is 10.6 Å². The molecule has 0 aliphatic heterocycles. The molecule has 4 aromatic rings. The minimum atomic E-state index is -4.28. The molecule has 2 amide bonds. The molecule has 7 nitrogen and oxygen atoms in total. The van der Waals surface area contributed by atoms with Crippen molar-refractivity contribution in [3.63, 3.8) is 0 Å². The lowest BCUT2D eigenvalue weighted by Gasteiger charge is -2.34. The van der Waals surface area contributed by atoms with Gasteiger partial charge in [-0.15, -0.1) is 0 Å². The van der Waals surface area contributed by atoms with E-state index >= 15 is 0 Å². The first-order chi connectivity index (χ1) is 21.5. The average Bonchev–Trinajstić information content (AvgIpc) is 3.03. The molecule has 0 heterocycles. The van der Waals surface area contributed by atoms with Crippen LogP contribution in [0.5, 0.6) is 0 Å². The van der Waals surface area contributed by atoms with Crippen molar-refractivity contribution in [1.82, 2.24) is 10.2 Å². The van der Waals surface area contributed by atoms with Gasteiger partial charge < -0.3 is 10.2 Å². The van der Waals surface area contributed by atoms with Gasteiger partial charge in [0.25, 0.3) is 10.0 Å². The van der Waals surface area contributed by atoms with E-state index in [4.69, 9.17) is 11.6 Å². The lowest BCUT2D eigenvalue weighted by atomic mass is 10.0. The Kier molecular flexibility index (Phi) is 11.4. The third-order valence-electron chi connectivity index (χ3n) is 7.57. The number of amides is 2. The molecule has 0 unspecified atom stereocenters. The van der Waals surface area contributed by atoms with Crippen LogP contribution in [-0.2, 0) is 32.6 Å². The number of sulfonamides is 1. The second-order valence-electron chi connectivity index (χ2n) is 10.9. The van der Waals surface area contributed by atoms with Crippen molar-refractivity contribution < 1.29 is 22.4 Å². The smallest absolute Gasteiger partial charge is 0.264 e. The number of nitrogens with one attached hydrogen (secondary N) is 1. The Hall–Kier alpha value is -4.21. The van der Waals surface area contributed by atoms with Crippen molar-refractivity contribution in [2.45, 2.75) is 57.1 Å². The van der Waals surface area contributed by atoms with Gasteiger partial charge in [0.1, 0.15) is 18.4 Å². The molecule has 0 saturated heterocycles. The van der Waals surface area contributed by atoms with E-state index < -0.39 is 34.3 Å². The molecule has 10 heteroatoms. The second kappa shape index (κ2) is 15.2. The number of nitrogens with zero attached hydrogens (tertiary/aromatic N) is 2. The van der Waals surface area contributed by atoms with E-state index in [1.807, 2.05) is 51.1 Å². The van der Waals surface area contributed by atoms with Crippen LogP contribution < -0.4 is 9.62 Å². The van der Waals surface area contributed by atoms with Crippen LogP contribution in [0.25, 0.3) is 0 Å². The molecular formula is C35H37ClFN3O4S. The molecule has 0 aromatic heterocycles. The third-order valence-corrected chi connectivity index (χ3v) is 9.73. The predicted octanol–water partition coefficient (Wildman–Crippen LogP) is 6.54. The van der Waals surface area contributed by atoms with Gasteiger partial charge in [0.2, 0.25) is 11.8 Å². The van der Waals surface area contributed by atoms with Crippen LogP contribution in [0.4, 0.5) is 10.1 Å². The summed E-state index contributed by atoms with van der Waals surface area (Å²) in [5.41, 5.74) is 2.38. The number of carbonyl (C=O) groups excluding carboxylic acids is 2. The lowest BCUT2D eigenvalue weighted by Crippen LogP contribution is -2.54. The summed E-state index contributed by atoms with van der Waals surface area (Å²) in [5.74, 6) is -1.55. The van der Waals surface area contributed by atoms with Crippen molar-refractivity contribution in [3.05, 3.63) is 131 Å². The zero-order valence-corrected chi connectivity index (χ0v) is 27.1. The summed E-state index contributed by atoms with van der Waals surface area (Å²) < 4.78 is 42.9. The molecule has 4 rings (SSSR count). The van der Waals surface area contributed by atoms with Crippen LogP contribution >= 0.6 is 11.6 Å². The second-order valence-corrected chi connectivity index (χ2v) is 13.2. The van der Waals surface area contributed by atoms with Crippen molar-refractivity contribution in [1.29, 1.82) is 0 Å².